The molecule has 0 radical (unpaired) electrons. The van der Waals surface area contributed by atoms with Crippen LogP contribution in [0.3, 0.4) is 0 Å². The first-order valence-corrected chi connectivity index (χ1v) is 14.9. The van der Waals surface area contributed by atoms with Gasteiger partial charge in [-0.1, -0.05) is 25.9 Å². The number of nitrogens with two attached hydrogens (primary N) is 1. The lowest BCUT2D eigenvalue weighted by Crippen LogP contribution is -2.53. The van der Waals surface area contributed by atoms with Gasteiger partial charge in [0, 0.05) is 43.5 Å². The van der Waals surface area contributed by atoms with Crippen LogP contribution < -0.4 is 10.5 Å². The van der Waals surface area contributed by atoms with E-state index in [0.29, 0.717) is 37.9 Å². The highest BCUT2D eigenvalue weighted by Gasteiger charge is 2.48. The van der Waals surface area contributed by atoms with Crippen molar-refractivity contribution in [2.45, 2.75) is 96.2 Å². The van der Waals surface area contributed by atoms with E-state index in [2.05, 4.69) is 39.0 Å². The van der Waals surface area contributed by atoms with Crippen LogP contribution in [0.25, 0.3) is 0 Å². The molecular weight excluding hydrogens is 450 g/mol. The lowest BCUT2D eigenvalue weighted by molar-refractivity contribution is -0.0542. The van der Waals surface area contributed by atoms with Gasteiger partial charge in [-0.05, 0) is 57.1 Å². The van der Waals surface area contributed by atoms with Gasteiger partial charge in [0.25, 0.3) is 0 Å². The molecule has 1 spiro atoms. The number of benzene rings is 1. The van der Waals surface area contributed by atoms with Crippen molar-refractivity contribution >= 4 is 20.2 Å². The van der Waals surface area contributed by atoms with Crippen LogP contribution in [0.2, 0.25) is 18.1 Å². The van der Waals surface area contributed by atoms with Crippen molar-refractivity contribution in [2.24, 2.45) is 10.9 Å². The van der Waals surface area contributed by atoms with E-state index in [1.807, 2.05) is 32.9 Å². The minimum absolute atomic E-state index is 0.0436. The maximum atomic E-state index is 12.6. The van der Waals surface area contributed by atoms with E-state index in [4.69, 9.17) is 24.8 Å². The van der Waals surface area contributed by atoms with Crippen LogP contribution in [-0.4, -0.2) is 54.6 Å². The number of carbonyl (C=O) groups excluding carboxylic acids is 1. The molecule has 2 aliphatic rings. The Hall–Kier alpha value is -2.26. The third kappa shape index (κ3) is 5.68. The average Bonchev–Trinajstić information content (AvgIpc) is 2.71. The first-order chi connectivity index (χ1) is 15.6. The molecule has 3 rings (SSSR count). The number of fused-ring (bicyclic) bond motifs is 1. The number of piperidine rings is 1. The van der Waals surface area contributed by atoms with Crippen LogP contribution in [0.15, 0.2) is 23.4 Å². The first kappa shape index (κ1) is 26.3. The molecule has 1 unspecified atom stereocenters. The molecule has 1 aromatic carbocycles. The van der Waals surface area contributed by atoms with Gasteiger partial charge < -0.3 is 29.7 Å². The van der Waals surface area contributed by atoms with Crippen LogP contribution in [0.4, 0.5) is 4.79 Å². The minimum Gasteiger partial charge on any atom is -0.487 e. The molecule has 0 saturated carbocycles. The van der Waals surface area contributed by atoms with E-state index in [0.717, 1.165) is 11.3 Å². The fourth-order valence-electron chi connectivity index (χ4n) is 4.20. The van der Waals surface area contributed by atoms with Crippen LogP contribution >= 0.6 is 0 Å². The van der Waals surface area contributed by atoms with Gasteiger partial charge in [0.1, 0.15) is 17.0 Å². The average molecular weight is 492 g/mol. The molecular formula is C25H41N3O5Si. The lowest BCUT2D eigenvalue weighted by atomic mass is 9.81. The van der Waals surface area contributed by atoms with Crippen LogP contribution in [-0.2, 0) is 9.16 Å². The monoisotopic (exact) mass is 491 g/mol. The van der Waals surface area contributed by atoms with Gasteiger partial charge in [-0.2, -0.15) is 0 Å². The Labute approximate surface area is 204 Å². The van der Waals surface area contributed by atoms with Gasteiger partial charge in [0.2, 0.25) is 0 Å². The summed E-state index contributed by atoms with van der Waals surface area (Å²) in [6, 6.07) is 5.59. The zero-order valence-corrected chi connectivity index (χ0v) is 22.9. The van der Waals surface area contributed by atoms with E-state index < -0.39 is 19.5 Å². The quantitative estimate of drug-likeness (QED) is 0.193. The zero-order valence-electron chi connectivity index (χ0n) is 21.9. The lowest BCUT2D eigenvalue weighted by Gasteiger charge is -2.49. The third-order valence-corrected chi connectivity index (χ3v) is 11.7. The molecule has 1 saturated heterocycles. The van der Waals surface area contributed by atoms with E-state index in [-0.39, 0.29) is 23.1 Å². The van der Waals surface area contributed by atoms with E-state index in [9.17, 15) is 4.79 Å². The van der Waals surface area contributed by atoms with Crippen molar-refractivity contribution in [3.05, 3.63) is 29.3 Å². The fourth-order valence-corrected chi connectivity index (χ4v) is 5.48. The molecule has 0 aromatic heterocycles. The predicted molar refractivity (Wildman–Crippen MR) is 135 cm³/mol. The number of ether oxygens (including phenoxy) is 2. The molecule has 0 bridgehead atoms. The van der Waals surface area contributed by atoms with Crippen molar-refractivity contribution in [2.75, 3.05) is 13.1 Å². The third-order valence-electron chi connectivity index (χ3n) is 7.21. The summed E-state index contributed by atoms with van der Waals surface area (Å²) in [5.74, 6) is 0.815. The highest BCUT2D eigenvalue weighted by molar-refractivity contribution is 6.74. The van der Waals surface area contributed by atoms with Gasteiger partial charge in [0.15, 0.2) is 14.2 Å². The van der Waals surface area contributed by atoms with Gasteiger partial charge in [0.05, 0.1) is 6.10 Å². The van der Waals surface area contributed by atoms with Gasteiger partial charge >= 0.3 is 6.09 Å². The largest absolute Gasteiger partial charge is 0.487 e. The summed E-state index contributed by atoms with van der Waals surface area (Å²) in [5, 5.41) is 12.4. The molecule has 0 aliphatic carbocycles. The standard InChI is InChI=1S/C25H41N3O5Si/c1-23(2,3)32-22(29)28-13-11-25(12-14-28)16-20(33-34(7,8)24(4,5)6)18-15-17(21(26)27-30)9-10-19(18)31-25/h9-10,15,20,30H,11-14,16H2,1-8H3,(H2,26,27). The zero-order chi connectivity index (χ0) is 25.5. The molecule has 1 atom stereocenters. The highest BCUT2D eigenvalue weighted by Crippen LogP contribution is 2.49. The van der Waals surface area contributed by atoms with Crippen molar-refractivity contribution < 1.29 is 23.9 Å². The summed E-state index contributed by atoms with van der Waals surface area (Å²) >= 11 is 0. The normalized spacial score (nSPS) is 21.1. The second-order valence-corrected chi connectivity index (χ2v) is 16.8. The first-order valence-electron chi connectivity index (χ1n) is 12.0. The second kappa shape index (κ2) is 9.07. The number of likely N-dealkylation sites (tertiary alicyclic amines) is 1. The molecule has 9 heteroatoms. The summed E-state index contributed by atoms with van der Waals surface area (Å²) in [4.78, 5) is 14.3. The molecule has 2 heterocycles. The second-order valence-electron chi connectivity index (χ2n) is 12.1. The summed E-state index contributed by atoms with van der Waals surface area (Å²) < 4.78 is 19.1. The Kier molecular flexibility index (Phi) is 7.03. The smallest absolute Gasteiger partial charge is 0.410 e. The Bertz CT molecular complexity index is 941. The number of rotatable bonds is 3. The number of hydrogen-bond donors (Lipinski definition) is 2. The van der Waals surface area contributed by atoms with E-state index in [1.54, 1.807) is 11.0 Å². The summed E-state index contributed by atoms with van der Waals surface area (Å²) in [7, 11) is -2.10. The topological polar surface area (TPSA) is 107 Å². The maximum Gasteiger partial charge on any atom is 0.410 e. The minimum atomic E-state index is -2.10. The highest BCUT2D eigenvalue weighted by atomic mass is 28.4. The summed E-state index contributed by atoms with van der Waals surface area (Å²) in [5.41, 5.74) is 6.48. The molecule has 34 heavy (non-hydrogen) atoms. The molecule has 1 aromatic rings. The Morgan fingerprint density at radius 1 is 1.21 bits per heavy atom. The molecule has 1 fully saturated rings. The predicted octanol–water partition coefficient (Wildman–Crippen LogP) is 5.40. The summed E-state index contributed by atoms with van der Waals surface area (Å²) in [6.45, 7) is 17.9. The van der Waals surface area contributed by atoms with E-state index in [1.165, 1.54) is 0 Å². The van der Waals surface area contributed by atoms with Crippen LogP contribution in [0.5, 0.6) is 5.75 Å². The summed E-state index contributed by atoms with van der Waals surface area (Å²) in [6.07, 6.45) is 1.63. The van der Waals surface area contributed by atoms with Crippen LogP contribution in [0.1, 0.15) is 78.0 Å². The SMILES string of the molecule is CC(C)(C)OC(=O)N1CCC2(CC1)CC(O[Si](C)(C)C(C)(C)C)c1cc(/C(N)=N/O)ccc1O2. The molecule has 3 N–H and O–H groups in total. The van der Waals surface area contributed by atoms with Crippen LogP contribution in [0, 0.1) is 0 Å². The Morgan fingerprint density at radius 2 is 1.82 bits per heavy atom. The van der Waals surface area contributed by atoms with Crippen molar-refractivity contribution in [1.29, 1.82) is 0 Å². The van der Waals surface area contributed by atoms with Crippen molar-refractivity contribution in [3.8, 4) is 5.75 Å². The number of carbonyl (C=O) groups is 1. The Morgan fingerprint density at radius 3 is 2.35 bits per heavy atom. The van der Waals surface area contributed by atoms with E-state index >= 15 is 0 Å². The molecule has 8 nitrogen and oxygen atoms in total. The number of oxime groups is 1. The van der Waals surface area contributed by atoms with Crippen molar-refractivity contribution in [1.82, 2.24) is 4.90 Å². The van der Waals surface area contributed by atoms with Gasteiger partial charge in [-0.15, -0.1) is 0 Å². The molecule has 2 aliphatic heterocycles. The molecule has 1 amide bonds. The number of nitrogens with zero attached hydrogens (tertiary/aromatic N) is 2. The van der Waals surface area contributed by atoms with Crippen molar-refractivity contribution in [3.63, 3.8) is 0 Å². The number of amides is 1. The number of amidine groups is 1. The maximum absolute atomic E-state index is 12.6. The number of hydrogen-bond acceptors (Lipinski definition) is 6. The fraction of sp³-hybridized carbons (Fsp3) is 0.680. The molecule has 190 valence electrons. The van der Waals surface area contributed by atoms with Gasteiger partial charge in [-0.3, -0.25) is 0 Å². The van der Waals surface area contributed by atoms with Gasteiger partial charge in [-0.25, -0.2) is 4.79 Å². The Balaban J connectivity index is 1.89.